The minimum Gasteiger partial charge on any atom is -0.341 e. The summed E-state index contributed by atoms with van der Waals surface area (Å²) in [6.07, 6.45) is 2.47. The summed E-state index contributed by atoms with van der Waals surface area (Å²) in [5, 5.41) is 0. The fourth-order valence-corrected chi connectivity index (χ4v) is 1.38. The Kier molecular flexibility index (Phi) is 2.49. The molecule has 0 aromatic carbocycles. The maximum atomic E-state index is 10.9. The second-order valence-electron chi connectivity index (χ2n) is 3.27. The third-order valence-electron chi connectivity index (χ3n) is 2.40. The Hall–Kier alpha value is -0.570. The van der Waals surface area contributed by atoms with E-state index in [1.54, 1.807) is 11.8 Å². The van der Waals surface area contributed by atoms with E-state index in [0.29, 0.717) is 12.5 Å². The SMILES string of the molecule is CC(=O)N(C)C(CN)C1CC1. The van der Waals surface area contributed by atoms with Crippen molar-refractivity contribution in [3.05, 3.63) is 0 Å². The molecule has 1 aliphatic carbocycles. The fraction of sp³-hybridized carbons (Fsp3) is 0.875. The Morgan fingerprint density at radius 1 is 1.73 bits per heavy atom. The molecule has 11 heavy (non-hydrogen) atoms. The van der Waals surface area contributed by atoms with Gasteiger partial charge in [-0.15, -0.1) is 0 Å². The van der Waals surface area contributed by atoms with Gasteiger partial charge in [-0.25, -0.2) is 0 Å². The largest absolute Gasteiger partial charge is 0.341 e. The second-order valence-corrected chi connectivity index (χ2v) is 3.27. The Morgan fingerprint density at radius 2 is 2.27 bits per heavy atom. The van der Waals surface area contributed by atoms with Gasteiger partial charge in [-0.3, -0.25) is 4.79 Å². The maximum absolute atomic E-state index is 10.9. The second kappa shape index (κ2) is 3.22. The van der Waals surface area contributed by atoms with Gasteiger partial charge < -0.3 is 10.6 Å². The fourth-order valence-electron chi connectivity index (χ4n) is 1.38. The van der Waals surface area contributed by atoms with E-state index < -0.39 is 0 Å². The lowest BCUT2D eigenvalue weighted by Crippen LogP contribution is -2.42. The Labute approximate surface area is 67.5 Å². The highest BCUT2D eigenvalue weighted by Crippen LogP contribution is 2.34. The number of carbonyl (C=O) groups is 1. The smallest absolute Gasteiger partial charge is 0.219 e. The monoisotopic (exact) mass is 156 g/mol. The van der Waals surface area contributed by atoms with Crippen LogP contribution < -0.4 is 5.73 Å². The highest BCUT2D eigenvalue weighted by Gasteiger charge is 2.33. The number of hydrogen-bond acceptors (Lipinski definition) is 2. The molecule has 0 heterocycles. The number of hydrogen-bond donors (Lipinski definition) is 1. The van der Waals surface area contributed by atoms with Crippen LogP contribution in [0.2, 0.25) is 0 Å². The van der Waals surface area contributed by atoms with Crippen LogP contribution in [0, 0.1) is 5.92 Å². The molecule has 1 atom stereocenters. The summed E-state index contributed by atoms with van der Waals surface area (Å²) in [7, 11) is 1.83. The first-order valence-electron chi connectivity index (χ1n) is 4.10. The number of amides is 1. The molecule has 1 rings (SSSR count). The van der Waals surface area contributed by atoms with Crippen molar-refractivity contribution in [3.63, 3.8) is 0 Å². The summed E-state index contributed by atoms with van der Waals surface area (Å²) in [4.78, 5) is 12.7. The van der Waals surface area contributed by atoms with Crippen LogP contribution in [0.25, 0.3) is 0 Å². The quantitative estimate of drug-likeness (QED) is 0.634. The van der Waals surface area contributed by atoms with Gasteiger partial charge in [0.15, 0.2) is 0 Å². The summed E-state index contributed by atoms with van der Waals surface area (Å²) in [5.41, 5.74) is 5.56. The molecule has 1 unspecified atom stereocenters. The van der Waals surface area contributed by atoms with E-state index in [-0.39, 0.29) is 11.9 Å². The van der Waals surface area contributed by atoms with Crippen molar-refractivity contribution in [2.24, 2.45) is 11.7 Å². The van der Waals surface area contributed by atoms with Gasteiger partial charge in [-0.2, -0.15) is 0 Å². The first kappa shape index (κ1) is 8.53. The van der Waals surface area contributed by atoms with E-state index in [1.165, 1.54) is 12.8 Å². The van der Waals surface area contributed by atoms with Crippen LogP contribution in [0.15, 0.2) is 0 Å². The molecule has 1 aliphatic rings. The van der Waals surface area contributed by atoms with Crippen LogP contribution in [0.5, 0.6) is 0 Å². The minimum absolute atomic E-state index is 0.118. The van der Waals surface area contributed by atoms with E-state index in [9.17, 15) is 4.79 Å². The van der Waals surface area contributed by atoms with Gasteiger partial charge in [0.1, 0.15) is 0 Å². The van der Waals surface area contributed by atoms with Gasteiger partial charge in [0.2, 0.25) is 5.91 Å². The van der Waals surface area contributed by atoms with E-state index in [4.69, 9.17) is 5.73 Å². The highest BCUT2D eigenvalue weighted by atomic mass is 16.2. The number of likely N-dealkylation sites (N-methyl/N-ethyl adjacent to an activating group) is 1. The standard InChI is InChI=1S/C8H16N2O/c1-6(11)10(2)8(5-9)7-3-4-7/h7-8H,3-5,9H2,1-2H3. The third kappa shape index (κ3) is 1.93. The van der Waals surface area contributed by atoms with Crippen molar-refractivity contribution in [1.29, 1.82) is 0 Å². The molecule has 1 fully saturated rings. The van der Waals surface area contributed by atoms with E-state index in [2.05, 4.69) is 0 Å². The summed E-state index contributed by atoms with van der Waals surface area (Å²) >= 11 is 0. The van der Waals surface area contributed by atoms with Crippen LogP contribution in [-0.2, 0) is 4.79 Å². The molecule has 0 aromatic heterocycles. The summed E-state index contributed by atoms with van der Waals surface area (Å²) in [6.45, 7) is 2.19. The molecule has 64 valence electrons. The van der Waals surface area contributed by atoms with Crippen LogP contribution in [0.4, 0.5) is 0 Å². The molecule has 0 aromatic rings. The zero-order chi connectivity index (χ0) is 8.43. The van der Waals surface area contributed by atoms with Gasteiger partial charge >= 0.3 is 0 Å². The summed E-state index contributed by atoms with van der Waals surface area (Å²) in [5.74, 6) is 0.793. The Balaban J connectivity index is 2.45. The number of carbonyl (C=O) groups excluding carboxylic acids is 1. The Bertz CT molecular complexity index is 154. The molecule has 0 bridgehead atoms. The van der Waals surface area contributed by atoms with E-state index >= 15 is 0 Å². The molecule has 3 nitrogen and oxygen atoms in total. The topological polar surface area (TPSA) is 46.3 Å². The Morgan fingerprint density at radius 3 is 2.55 bits per heavy atom. The van der Waals surface area contributed by atoms with Gasteiger partial charge in [-0.1, -0.05) is 0 Å². The maximum Gasteiger partial charge on any atom is 0.219 e. The van der Waals surface area contributed by atoms with Crippen LogP contribution in [-0.4, -0.2) is 30.4 Å². The molecule has 3 heteroatoms. The molecular formula is C8H16N2O. The van der Waals surface area contributed by atoms with E-state index in [0.717, 1.165) is 0 Å². The average Bonchev–Trinajstić information content (AvgIpc) is 2.72. The van der Waals surface area contributed by atoms with Crippen molar-refractivity contribution < 1.29 is 4.79 Å². The molecular weight excluding hydrogens is 140 g/mol. The lowest BCUT2D eigenvalue weighted by atomic mass is 10.1. The molecule has 2 N–H and O–H groups in total. The van der Waals surface area contributed by atoms with E-state index in [1.807, 2.05) is 7.05 Å². The van der Waals surface area contributed by atoms with Crippen LogP contribution in [0.1, 0.15) is 19.8 Å². The number of nitrogens with two attached hydrogens (primary N) is 1. The molecule has 0 aliphatic heterocycles. The molecule has 0 spiro atoms. The van der Waals surface area contributed by atoms with Gasteiger partial charge in [0, 0.05) is 26.6 Å². The van der Waals surface area contributed by atoms with Crippen molar-refractivity contribution in [1.82, 2.24) is 4.90 Å². The predicted molar refractivity (Wildman–Crippen MR) is 44.0 cm³/mol. The average molecular weight is 156 g/mol. The first-order valence-corrected chi connectivity index (χ1v) is 4.10. The molecule has 1 amide bonds. The summed E-state index contributed by atoms with van der Waals surface area (Å²) in [6, 6.07) is 0.285. The molecule has 0 saturated heterocycles. The first-order chi connectivity index (χ1) is 5.16. The van der Waals surface area contributed by atoms with Gasteiger partial charge in [-0.05, 0) is 18.8 Å². The minimum atomic E-state index is 0.118. The van der Waals surface area contributed by atoms with Crippen molar-refractivity contribution >= 4 is 5.91 Å². The highest BCUT2D eigenvalue weighted by molar-refractivity contribution is 5.73. The molecule has 0 radical (unpaired) electrons. The van der Waals surface area contributed by atoms with Crippen LogP contribution in [0.3, 0.4) is 0 Å². The zero-order valence-electron chi connectivity index (χ0n) is 7.21. The molecule has 1 saturated carbocycles. The van der Waals surface area contributed by atoms with Gasteiger partial charge in [0.25, 0.3) is 0 Å². The number of rotatable bonds is 3. The lowest BCUT2D eigenvalue weighted by molar-refractivity contribution is -0.129. The normalized spacial score (nSPS) is 19.5. The zero-order valence-corrected chi connectivity index (χ0v) is 7.21. The summed E-state index contributed by atoms with van der Waals surface area (Å²) < 4.78 is 0. The lowest BCUT2D eigenvalue weighted by Gasteiger charge is -2.25. The van der Waals surface area contributed by atoms with Gasteiger partial charge in [0.05, 0.1) is 0 Å². The third-order valence-corrected chi connectivity index (χ3v) is 2.40. The van der Waals surface area contributed by atoms with Crippen molar-refractivity contribution in [2.75, 3.05) is 13.6 Å². The van der Waals surface area contributed by atoms with Crippen molar-refractivity contribution in [3.8, 4) is 0 Å². The number of nitrogens with zero attached hydrogens (tertiary/aromatic N) is 1. The van der Waals surface area contributed by atoms with Crippen LogP contribution >= 0.6 is 0 Å². The van der Waals surface area contributed by atoms with Crippen molar-refractivity contribution in [2.45, 2.75) is 25.8 Å². The predicted octanol–water partition coefficient (Wildman–Crippen LogP) is 0.202.